The third-order valence-electron chi connectivity index (χ3n) is 5.93. The van der Waals surface area contributed by atoms with Gasteiger partial charge in [0.2, 0.25) is 11.9 Å². The second-order valence-electron chi connectivity index (χ2n) is 8.02. The summed E-state index contributed by atoms with van der Waals surface area (Å²) in [6.45, 7) is 6.41. The maximum Gasteiger partial charge on any atom is 0.243 e. The summed E-state index contributed by atoms with van der Waals surface area (Å²) in [6, 6.07) is 0.593. The van der Waals surface area contributed by atoms with E-state index in [0.29, 0.717) is 37.1 Å². The van der Waals surface area contributed by atoms with Crippen molar-refractivity contribution in [3.05, 3.63) is 42.1 Å². The van der Waals surface area contributed by atoms with Crippen molar-refractivity contribution in [3.8, 4) is 11.5 Å². The minimum absolute atomic E-state index is 0.0274. The molecule has 3 heterocycles. The molecule has 0 unspecified atom stereocenters. The zero-order valence-corrected chi connectivity index (χ0v) is 20.8. The molecule has 0 bridgehead atoms. The van der Waals surface area contributed by atoms with Crippen LogP contribution < -0.4 is 29.9 Å². The number of carbonyl (C=O) groups excluding carboxylic acids is 1. The average molecular weight is 521 g/mol. The molecule has 4 rings (SSSR count). The summed E-state index contributed by atoms with van der Waals surface area (Å²) in [6.07, 6.45) is 2.77. The number of nitrogens with zero attached hydrogens (tertiary/aromatic N) is 4. The van der Waals surface area contributed by atoms with Crippen LogP contribution in [0.1, 0.15) is 12.5 Å². The van der Waals surface area contributed by atoms with Gasteiger partial charge < -0.3 is 34.6 Å². The molecule has 1 aromatic carbocycles. The van der Waals surface area contributed by atoms with Gasteiger partial charge in [-0.3, -0.25) is 4.79 Å². The van der Waals surface area contributed by atoms with Gasteiger partial charge in [-0.15, -0.1) is 0 Å². The number of amides is 1. The Morgan fingerprint density at radius 2 is 1.94 bits per heavy atom. The van der Waals surface area contributed by atoms with Crippen molar-refractivity contribution >= 4 is 40.7 Å². The second-order valence-corrected chi connectivity index (χ2v) is 8.39. The highest BCUT2D eigenvalue weighted by atomic mass is 32.1. The lowest BCUT2D eigenvalue weighted by Gasteiger charge is -2.38. The van der Waals surface area contributed by atoms with E-state index in [0.717, 1.165) is 6.07 Å². The lowest BCUT2D eigenvalue weighted by Crippen LogP contribution is -2.48. The number of benzene rings is 1. The molecule has 0 spiro atoms. The van der Waals surface area contributed by atoms with E-state index in [1.807, 2.05) is 6.92 Å². The van der Waals surface area contributed by atoms with Crippen molar-refractivity contribution in [3.63, 3.8) is 0 Å². The predicted molar refractivity (Wildman–Crippen MR) is 134 cm³/mol. The summed E-state index contributed by atoms with van der Waals surface area (Å²) in [7, 11) is 2.57. The van der Waals surface area contributed by atoms with E-state index in [2.05, 4.69) is 27.2 Å². The van der Waals surface area contributed by atoms with Crippen molar-refractivity contribution in [2.45, 2.75) is 25.6 Å². The summed E-state index contributed by atoms with van der Waals surface area (Å²) in [4.78, 5) is 23.7. The number of hydrogen-bond donors (Lipinski definition) is 2. The van der Waals surface area contributed by atoms with E-state index in [1.54, 1.807) is 11.1 Å². The van der Waals surface area contributed by atoms with Crippen molar-refractivity contribution in [1.82, 2.24) is 15.3 Å². The van der Waals surface area contributed by atoms with Gasteiger partial charge in [-0.2, -0.15) is 4.98 Å². The van der Waals surface area contributed by atoms with Crippen LogP contribution in [0.2, 0.25) is 0 Å². The van der Waals surface area contributed by atoms with E-state index in [1.165, 1.54) is 25.2 Å². The highest BCUT2D eigenvalue weighted by molar-refractivity contribution is 7.80. The third kappa shape index (κ3) is 4.63. The van der Waals surface area contributed by atoms with Crippen molar-refractivity contribution in [1.29, 1.82) is 0 Å². The smallest absolute Gasteiger partial charge is 0.243 e. The van der Waals surface area contributed by atoms with Crippen LogP contribution in [0, 0.1) is 11.6 Å². The molecule has 1 fully saturated rings. The molecular weight excluding hydrogens is 494 g/mol. The highest BCUT2D eigenvalue weighted by Crippen LogP contribution is 2.40. The number of methoxy groups -OCH3 is 2. The van der Waals surface area contributed by atoms with Gasteiger partial charge in [-0.25, -0.2) is 13.8 Å². The number of thiocarbonyl (C=S) groups is 1. The summed E-state index contributed by atoms with van der Waals surface area (Å²) in [5, 5.41) is 6.16. The Balaban J connectivity index is 1.65. The van der Waals surface area contributed by atoms with Gasteiger partial charge in [0.15, 0.2) is 28.2 Å². The molecule has 10 nitrogen and oxygen atoms in total. The molecule has 2 aliphatic heterocycles. The molecule has 1 saturated heterocycles. The van der Waals surface area contributed by atoms with Crippen LogP contribution in [0.4, 0.5) is 26.2 Å². The fourth-order valence-electron chi connectivity index (χ4n) is 4.10. The number of nitrogens with one attached hydrogen (secondary N) is 2. The molecule has 192 valence electrons. The third-order valence-corrected chi connectivity index (χ3v) is 6.37. The number of ether oxygens (including phenoxy) is 3. The molecule has 2 N–H and O–H groups in total. The number of fused-ring (bicyclic) bond motifs is 1. The van der Waals surface area contributed by atoms with E-state index in [4.69, 9.17) is 26.4 Å². The fourth-order valence-corrected chi connectivity index (χ4v) is 4.47. The van der Waals surface area contributed by atoms with Crippen LogP contribution in [0.5, 0.6) is 11.5 Å². The molecule has 1 aromatic heterocycles. The quantitative estimate of drug-likeness (QED) is 0.399. The van der Waals surface area contributed by atoms with E-state index < -0.39 is 11.6 Å². The van der Waals surface area contributed by atoms with Crippen molar-refractivity contribution < 1.29 is 27.8 Å². The first-order valence-electron chi connectivity index (χ1n) is 11.1. The molecule has 2 atom stereocenters. The van der Waals surface area contributed by atoms with Crippen LogP contribution in [0.3, 0.4) is 0 Å². The Kier molecular flexibility index (Phi) is 7.50. The SMILES string of the molecule is C=CC(=O)N[C@H]1COC[C@H]1Nc1ncc2c(n1)N(CC)C(=S)N(c1c(F)c(OC)cc(OC)c1F)C2. The number of aromatic nitrogens is 2. The first kappa shape index (κ1) is 25.5. The normalized spacial score (nSPS) is 19.1. The molecule has 0 aliphatic carbocycles. The van der Waals surface area contributed by atoms with Crippen molar-refractivity contribution in [2.75, 3.05) is 49.1 Å². The van der Waals surface area contributed by atoms with Crippen LogP contribution >= 0.6 is 12.2 Å². The lowest BCUT2D eigenvalue weighted by atomic mass is 10.1. The summed E-state index contributed by atoms with van der Waals surface area (Å²) < 4.78 is 46.1. The zero-order valence-electron chi connectivity index (χ0n) is 20.0. The Hall–Kier alpha value is -3.58. The number of anilines is 3. The van der Waals surface area contributed by atoms with E-state index >= 15 is 8.78 Å². The van der Waals surface area contributed by atoms with Gasteiger partial charge in [0.1, 0.15) is 11.5 Å². The van der Waals surface area contributed by atoms with Gasteiger partial charge in [0.05, 0.1) is 46.1 Å². The largest absolute Gasteiger partial charge is 0.493 e. The topological polar surface area (TPSA) is 101 Å². The van der Waals surface area contributed by atoms with Gasteiger partial charge in [0.25, 0.3) is 0 Å². The maximum absolute atomic E-state index is 15.2. The molecule has 36 heavy (non-hydrogen) atoms. The fraction of sp³-hybridized carbons (Fsp3) is 0.391. The van der Waals surface area contributed by atoms with Crippen molar-refractivity contribution in [2.24, 2.45) is 0 Å². The van der Waals surface area contributed by atoms with Gasteiger partial charge in [-0.05, 0) is 25.2 Å². The predicted octanol–water partition coefficient (Wildman–Crippen LogP) is 2.38. The molecular formula is C23H26F2N6O4S. The van der Waals surface area contributed by atoms with Crippen LogP contribution in [0.25, 0.3) is 0 Å². The highest BCUT2D eigenvalue weighted by Gasteiger charge is 2.35. The summed E-state index contributed by atoms with van der Waals surface area (Å²) >= 11 is 5.63. The Labute approximate surface area is 212 Å². The molecule has 13 heteroatoms. The van der Waals surface area contributed by atoms with Crippen LogP contribution in [0.15, 0.2) is 24.9 Å². The first-order valence-corrected chi connectivity index (χ1v) is 11.6. The maximum atomic E-state index is 15.2. The molecule has 0 radical (unpaired) electrons. The number of halogens is 2. The number of carbonyl (C=O) groups is 1. The first-order chi connectivity index (χ1) is 17.3. The average Bonchev–Trinajstić information content (AvgIpc) is 3.30. The zero-order chi connectivity index (χ0) is 26.0. The standard InChI is InChI=1S/C23H26F2N6O4S/c1-5-17(32)27-13-10-35-11-14(13)28-22-26-8-12-9-31(23(36)30(6-2)21(12)29-22)20-18(24)15(33-3)7-16(34-4)19(20)25/h5,7-8,13-14H,1,6,9-11H2,2-4H3,(H,27,32)(H,26,28,29)/t13-,14+/m0/s1. The van der Waals surface area contributed by atoms with E-state index in [9.17, 15) is 4.79 Å². The molecule has 0 saturated carbocycles. The summed E-state index contributed by atoms with van der Waals surface area (Å²) in [5.41, 5.74) is 0.224. The molecule has 1 amide bonds. The van der Waals surface area contributed by atoms with Gasteiger partial charge in [0, 0.05) is 24.4 Å². The molecule has 2 aliphatic rings. The Bertz CT molecular complexity index is 1170. The Morgan fingerprint density at radius 3 is 2.56 bits per heavy atom. The minimum atomic E-state index is -0.897. The van der Waals surface area contributed by atoms with E-state index in [-0.39, 0.29) is 46.8 Å². The second kappa shape index (κ2) is 10.6. The van der Waals surface area contributed by atoms with Gasteiger partial charge >= 0.3 is 0 Å². The lowest BCUT2D eigenvalue weighted by molar-refractivity contribution is -0.117. The Morgan fingerprint density at radius 1 is 1.28 bits per heavy atom. The minimum Gasteiger partial charge on any atom is -0.493 e. The summed E-state index contributed by atoms with van der Waals surface area (Å²) in [5.74, 6) is -1.63. The number of hydrogen-bond acceptors (Lipinski definition) is 8. The number of rotatable bonds is 8. The molecule has 2 aromatic rings. The monoisotopic (exact) mass is 520 g/mol. The van der Waals surface area contributed by atoms with Crippen LogP contribution in [-0.2, 0) is 16.1 Å². The van der Waals surface area contributed by atoms with Gasteiger partial charge in [-0.1, -0.05) is 6.58 Å². The van der Waals surface area contributed by atoms with Crippen LogP contribution in [-0.4, -0.2) is 67.0 Å².